The van der Waals surface area contributed by atoms with Crippen molar-refractivity contribution in [1.29, 1.82) is 0 Å². The molecule has 0 saturated heterocycles. The number of aromatic carboxylic acids is 1. The van der Waals surface area contributed by atoms with E-state index in [2.05, 4.69) is 19.2 Å². The fourth-order valence-electron chi connectivity index (χ4n) is 1.88. The first kappa shape index (κ1) is 11.9. The number of carboxylic acid groups (broad SMARTS) is 1. The van der Waals surface area contributed by atoms with Gasteiger partial charge in [-0.1, -0.05) is 19.9 Å². The monoisotopic (exact) mass is 235 g/mol. The topological polar surface area (TPSA) is 58.6 Å². The van der Waals surface area contributed by atoms with Crippen molar-refractivity contribution in [3.05, 3.63) is 29.3 Å². The normalized spacial score (nSPS) is 19.4. The summed E-state index contributed by atoms with van der Waals surface area (Å²) in [6.45, 7) is 5.57. The molecule has 17 heavy (non-hydrogen) atoms. The lowest BCUT2D eigenvalue weighted by molar-refractivity contribution is 0.0696. The van der Waals surface area contributed by atoms with Crippen LogP contribution in [0.3, 0.4) is 0 Å². The standard InChI is InChI=1S/C13H17NO3/c1-8(2)11-7-17-12-5-9(13(15)16)3-4-10(12)6-14-11/h3-5,8,11,14H,6-7H2,1-2H3,(H,15,16)/t11-/m0/s1. The van der Waals surface area contributed by atoms with Crippen LogP contribution in [0.5, 0.6) is 5.75 Å². The van der Waals surface area contributed by atoms with Gasteiger partial charge >= 0.3 is 5.97 Å². The minimum atomic E-state index is -0.922. The molecule has 0 spiro atoms. The van der Waals surface area contributed by atoms with Crippen LogP contribution in [0.2, 0.25) is 0 Å². The van der Waals surface area contributed by atoms with Gasteiger partial charge in [0.05, 0.1) is 5.56 Å². The summed E-state index contributed by atoms with van der Waals surface area (Å²) in [6.07, 6.45) is 0. The molecule has 0 aliphatic carbocycles. The van der Waals surface area contributed by atoms with Gasteiger partial charge in [0.2, 0.25) is 0 Å². The van der Waals surface area contributed by atoms with Gasteiger partial charge in [-0.25, -0.2) is 4.79 Å². The molecule has 1 aliphatic heterocycles. The van der Waals surface area contributed by atoms with Crippen molar-refractivity contribution in [1.82, 2.24) is 5.32 Å². The molecule has 1 heterocycles. The number of fused-ring (bicyclic) bond motifs is 1. The first-order valence-electron chi connectivity index (χ1n) is 5.80. The highest BCUT2D eigenvalue weighted by molar-refractivity contribution is 5.88. The second-order valence-electron chi connectivity index (χ2n) is 4.67. The van der Waals surface area contributed by atoms with Crippen LogP contribution in [0, 0.1) is 5.92 Å². The van der Waals surface area contributed by atoms with Gasteiger partial charge < -0.3 is 15.2 Å². The Morgan fingerprint density at radius 3 is 2.94 bits per heavy atom. The molecule has 4 nitrogen and oxygen atoms in total. The zero-order valence-electron chi connectivity index (χ0n) is 10.1. The molecular weight excluding hydrogens is 218 g/mol. The third-order valence-electron chi connectivity index (χ3n) is 3.09. The van der Waals surface area contributed by atoms with E-state index >= 15 is 0 Å². The fraction of sp³-hybridized carbons (Fsp3) is 0.462. The maximum Gasteiger partial charge on any atom is 0.335 e. The maximum absolute atomic E-state index is 10.9. The summed E-state index contributed by atoms with van der Waals surface area (Å²) in [7, 11) is 0. The van der Waals surface area contributed by atoms with E-state index < -0.39 is 5.97 Å². The summed E-state index contributed by atoms with van der Waals surface area (Å²) in [5, 5.41) is 12.3. The largest absolute Gasteiger partial charge is 0.492 e. The van der Waals surface area contributed by atoms with Crippen LogP contribution >= 0.6 is 0 Å². The quantitative estimate of drug-likeness (QED) is 0.822. The molecule has 0 radical (unpaired) electrons. The van der Waals surface area contributed by atoms with Crippen LogP contribution in [0.1, 0.15) is 29.8 Å². The molecule has 92 valence electrons. The third-order valence-corrected chi connectivity index (χ3v) is 3.09. The summed E-state index contributed by atoms with van der Waals surface area (Å²) >= 11 is 0. The predicted molar refractivity (Wildman–Crippen MR) is 64.4 cm³/mol. The van der Waals surface area contributed by atoms with Crippen LogP contribution in [0.25, 0.3) is 0 Å². The van der Waals surface area contributed by atoms with Crippen molar-refractivity contribution in [2.75, 3.05) is 6.61 Å². The van der Waals surface area contributed by atoms with E-state index in [1.807, 2.05) is 6.07 Å². The Morgan fingerprint density at radius 2 is 2.29 bits per heavy atom. The number of benzene rings is 1. The average Bonchev–Trinajstić information content (AvgIpc) is 2.50. The molecule has 1 atom stereocenters. The number of ether oxygens (including phenoxy) is 1. The van der Waals surface area contributed by atoms with Gasteiger partial charge in [0.1, 0.15) is 12.4 Å². The second-order valence-corrected chi connectivity index (χ2v) is 4.67. The zero-order chi connectivity index (χ0) is 12.4. The van der Waals surface area contributed by atoms with Gasteiger partial charge in [-0.2, -0.15) is 0 Å². The van der Waals surface area contributed by atoms with Crippen molar-refractivity contribution in [3.63, 3.8) is 0 Å². The summed E-state index contributed by atoms with van der Waals surface area (Å²) in [4.78, 5) is 10.9. The molecule has 1 aromatic carbocycles. The van der Waals surface area contributed by atoms with Crippen molar-refractivity contribution in [2.24, 2.45) is 5.92 Å². The molecule has 4 heteroatoms. The number of rotatable bonds is 2. The number of carbonyl (C=O) groups is 1. The Kier molecular flexibility index (Phi) is 3.33. The fourth-order valence-corrected chi connectivity index (χ4v) is 1.88. The van der Waals surface area contributed by atoms with Gasteiger partial charge in [-0.15, -0.1) is 0 Å². The Balaban J connectivity index is 2.22. The van der Waals surface area contributed by atoms with Crippen LogP contribution in [-0.4, -0.2) is 23.7 Å². The molecule has 0 bridgehead atoms. The molecule has 2 rings (SSSR count). The van der Waals surface area contributed by atoms with Crippen molar-refractivity contribution < 1.29 is 14.6 Å². The van der Waals surface area contributed by atoms with Gasteiger partial charge in [0.15, 0.2) is 0 Å². The summed E-state index contributed by atoms with van der Waals surface area (Å²) in [6, 6.07) is 5.33. The van der Waals surface area contributed by atoms with E-state index in [4.69, 9.17) is 9.84 Å². The number of hydrogen-bond donors (Lipinski definition) is 2. The maximum atomic E-state index is 10.9. The summed E-state index contributed by atoms with van der Waals surface area (Å²) < 4.78 is 5.69. The molecule has 0 saturated carbocycles. The highest BCUT2D eigenvalue weighted by atomic mass is 16.5. The molecular formula is C13H17NO3. The number of carboxylic acids is 1. The number of nitrogens with one attached hydrogen (secondary N) is 1. The lowest BCUT2D eigenvalue weighted by Gasteiger charge is -2.18. The molecule has 1 aromatic rings. The molecule has 0 unspecified atom stereocenters. The van der Waals surface area contributed by atoms with Crippen molar-refractivity contribution >= 4 is 5.97 Å². The molecule has 0 amide bonds. The van der Waals surface area contributed by atoms with Gasteiger partial charge in [-0.3, -0.25) is 0 Å². The van der Waals surface area contributed by atoms with Crippen LogP contribution in [-0.2, 0) is 6.54 Å². The zero-order valence-corrected chi connectivity index (χ0v) is 10.1. The van der Waals surface area contributed by atoms with Crippen LogP contribution in [0.4, 0.5) is 0 Å². The SMILES string of the molecule is CC(C)[C@@H]1COc2cc(C(=O)O)ccc2CN1. The van der Waals surface area contributed by atoms with E-state index in [9.17, 15) is 4.79 Å². The van der Waals surface area contributed by atoms with Gasteiger partial charge in [-0.05, 0) is 18.1 Å². The van der Waals surface area contributed by atoms with E-state index in [0.29, 0.717) is 24.3 Å². The first-order chi connectivity index (χ1) is 8.08. The molecule has 0 aromatic heterocycles. The van der Waals surface area contributed by atoms with Crippen LogP contribution < -0.4 is 10.1 Å². The summed E-state index contributed by atoms with van der Waals surface area (Å²) in [5.41, 5.74) is 1.28. The minimum Gasteiger partial charge on any atom is -0.492 e. The Morgan fingerprint density at radius 1 is 1.53 bits per heavy atom. The lowest BCUT2D eigenvalue weighted by atomic mass is 10.1. The van der Waals surface area contributed by atoms with Crippen LogP contribution in [0.15, 0.2) is 18.2 Å². The minimum absolute atomic E-state index is 0.270. The summed E-state index contributed by atoms with van der Waals surface area (Å²) in [5.74, 6) is 0.248. The van der Waals surface area contributed by atoms with Crippen molar-refractivity contribution in [3.8, 4) is 5.75 Å². The number of hydrogen-bond acceptors (Lipinski definition) is 3. The smallest absolute Gasteiger partial charge is 0.335 e. The molecule has 2 N–H and O–H groups in total. The van der Waals surface area contributed by atoms with E-state index in [0.717, 1.165) is 12.1 Å². The van der Waals surface area contributed by atoms with Gasteiger partial charge in [0.25, 0.3) is 0 Å². The molecule has 1 aliphatic rings. The Bertz CT molecular complexity index is 429. The van der Waals surface area contributed by atoms with Gasteiger partial charge in [0, 0.05) is 18.2 Å². The highest BCUT2D eigenvalue weighted by Gasteiger charge is 2.19. The second kappa shape index (κ2) is 4.75. The lowest BCUT2D eigenvalue weighted by Crippen LogP contribution is -2.36. The Labute approximate surface area is 101 Å². The average molecular weight is 235 g/mol. The highest BCUT2D eigenvalue weighted by Crippen LogP contribution is 2.24. The van der Waals surface area contributed by atoms with E-state index in [-0.39, 0.29) is 5.56 Å². The van der Waals surface area contributed by atoms with E-state index in [1.54, 1.807) is 12.1 Å². The van der Waals surface area contributed by atoms with Crippen molar-refractivity contribution in [2.45, 2.75) is 26.4 Å². The third kappa shape index (κ3) is 2.58. The first-order valence-corrected chi connectivity index (χ1v) is 5.80. The van der Waals surface area contributed by atoms with E-state index in [1.165, 1.54) is 0 Å². The predicted octanol–water partition coefficient (Wildman–Crippen LogP) is 1.89. The Hall–Kier alpha value is -1.55. The molecule has 0 fully saturated rings.